The number of nitrogens with zero attached hydrogens (tertiary/aromatic N) is 2. The minimum atomic E-state index is -0.0963. The predicted octanol–water partition coefficient (Wildman–Crippen LogP) is 4.73. The summed E-state index contributed by atoms with van der Waals surface area (Å²) in [6.07, 6.45) is 13.9. The minimum Gasteiger partial charge on any atom is -0.327 e. The van der Waals surface area contributed by atoms with Crippen molar-refractivity contribution in [1.82, 2.24) is 9.80 Å². The molecule has 0 spiro atoms. The topological polar surface area (TPSA) is 40.6 Å². The second-order valence-corrected chi connectivity index (χ2v) is 9.32. The fourth-order valence-electron chi connectivity index (χ4n) is 4.58. The van der Waals surface area contributed by atoms with Gasteiger partial charge in [0.2, 0.25) is 11.8 Å². The van der Waals surface area contributed by atoms with Gasteiger partial charge in [-0.1, -0.05) is 71.5 Å². The van der Waals surface area contributed by atoms with Crippen molar-refractivity contribution in [2.75, 3.05) is 13.1 Å². The molecule has 176 valence electrons. The first kappa shape index (κ1) is 25.1. The first-order valence-corrected chi connectivity index (χ1v) is 12.0. The molecule has 0 aromatic heterocycles. The lowest BCUT2D eigenvalue weighted by Crippen LogP contribution is -2.41. The highest BCUT2D eigenvalue weighted by Gasteiger charge is 2.33. The van der Waals surface area contributed by atoms with Crippen molar-refractivity contribution in [2.45, 2.75) is 52.6 Å². The molecule has 0 radical (unpaired) electrons. The van der Waals surface area contributed by atoms with Gasteiger partial charge in [0.05, 0.1) is 13.1 Å². The molecule has 0 aliphatic heterocycles. The molecule has 4 nitrogen and oxygen atoms in total. The standard InChI is InChI=1S/C30H34N2O2/c1-5-19-31(21-25-11-7-23(3)8-12-25)29(33)27-15-17-28(18-16-27)30(34)32(20-6-2)22-26-13-9-24(4)10-14-26/h1-2,7-14,27-28H,15-22H2,3-4H3. The SMILES string of the molecule is C#CCN(Cc1ccc(C)cc1)C(=O)C1CCC(C(=O)N(CC#C)Cc2ccc(C)cc2)CC1. The zero-order valence-electron chi connectivity index (χ0n) is 20.3. The van der Waals surface area contributed by atoms with E-state index in [0.717, 1.165) is 11.1 Å². The Morgan fingerprint density at radius 1 is 0.706 bits per heavy atom. The van der Waals surface area contributed by atoms with E-state index in [4.69, 9.17) is 12.8 Å². The molecule has 0 N–H and O–H groups in total. The van der Waals surface area contributed by atoms with Crippen LogP contribution in [0.25, 0.3) is 0 Å². The van der Waals surface area contributed by atoms with E-state index in [1.807, 2.05) is 62.4 Å². The van der Waals surface area contributed by atoms with Gasteiger partial charge in [-0.25, -0.2) is 0 Å². The summed E-state index contributed by atoms with van der Waals surface area (Å²) in [7, 11) is 0. The quantitative estimate of drug-likeness (QED) is 0.541. The van der Waals surface area contributed by atoms with Crippen LogP contribution >= 0.6 is 0 Å². The van der Waals surface area contributed by atoms with Crippen molar-refractivity contribution in [1.29, 1.82) is 0 Å². The molecule has 1 saturated carbocycles. The number of hydrogen-bond acceptors (Lipinski definition) is 2. The Morgan fingerprint density at radius 2 is 1.03 bits per heavy atom. The largest absolute Gasteiger partial charge is 0.327 e. The van der Waals surface area contributed by atoms with Gasteiger partial charge >= 0.3 is 0 Å². The van der Waals surface area contributed by atoms with E-state index in [-0.39, 0.29) is 36.7 Å². The number of rotatable bonds is 8. The maximum absolute atomic E-state index is 13.2. The van der Waals surface area contributed by atoms with Crippen LogP contribution in [0.15, 0.2) is 48.5 Å². The van der Waals surface area contributed by atoms with E-state index >= 15 is 0 Å². The minimum absolute atomic E-state index is 0.0876. The smallest absolute Gasteiger partial charge is 0.226 e. The Hall–Kier alpha value is -3.50. The van der Waals surface area contributed by atoms with E-state index in [1.54, 1.807) is 9.80 Å². The second kappa shape index (κ2) is 12.1. The van der Waals surface area contributed by atoms with Crippen molar-refractivity contribution in [3.05, 3.63) is 70.8 Å². The molecule has 0 unspecified atom stereocenters. The number of amides is 2. The normalized spacial score (nSPS) is 17.3. The zero-order chi connectivity index (χ0) is 24.5. The molecule has 2 aromatic rings. The van der Waals surface area contributed by atoms with Gasteiger partial charge in [-0.05, 0) is 50.7 Å². The lowest BCUT2D eigenvalue weighted by atomic mass is 9.80. The van der Waals surface area contributed by atoms with E-state index in [1.165, 1.54) is 11.1 Å². The highest BCUT2D eigenvalue weighted by atomic mass is 16.2. The summed E-state index contributed by atoms with van der Waals surface area (Å²) in [4.78, 5) is 30.0. The number of aryl methyl sites for hydroxylation is 2. The van der Waals surface area contributed by atoms with Crippen molar-refractivity contribution in [3.63, 3.8) is 0 Å². The summed E-state index contributed by atoms with van der Waals surface area (Å²) in [6.45, 7) is 5.68. The Kier molecular flexibility index (Phi) is 8.94. The van der Waals surface area contributed by atoms with Gasteiger partial charge < -0.3 is 9.80 Å². The molecular formula is C30H34N2O2. The van der Waals surface area contributed by atoms with Gasteiger partial charge in [0, 0.05) is 24.9 Å². The summed E-state index contributed by atoms with van der Waals surface area (Å²) in [5.74, 6) is 5.24. The van der Waals surface area contributed by atoms with E-state index in [9.17, 15) is 9.59 Å². The highest BCUT2D eigenvalue weighted by Crippen LogP contribution is 2.32. The molecule has 0 bridgehead atoms. The third kappa shape index (κ3) is 6.75. The van der Waals surface area contributed by atoms with E-state index in [2.05, 4.69) is 11.8 Å². The second-order valence-electron chi connectivity index (χ2n) is 9.32. The van der Waals surface area contributed by atoms with Crippen LogP contribution < -0.4 is 0 Å². The first-order chi connectivity index (χ1) is 16.4. The van der Waals surface area contributed by atoms with Gasteiger partial charge in [0.25, 0.3) is 0 Å². The molecule has 2 aromatic carbocycles. The third-order valence-electron chi connectivity index (χ3n) is 6.60. The van der Waals surface area contributed by atoms with Crippen LogP contribution in [0.5, 0.6) is 0 Å². The van der Waals surface area contributed by atoms with Gasteiger partial charge in [-0.15, -0.1) is 12.8 Å². The Balaban J connectivity index is 1.59. The lowest BCUT2D eigenvalue weighted by molar-refractivity contribution is -0.141. The maximum Gasteiger partial charge on any atom is 0.226 e. The van der Waals surface area contributed by atoms with Crippen LogP contribution in [0.4, 0.5) is 0 Å². The van der Waals surface area contributed by atoms with Crippen LogP contribution in [-0.2, 0) is 22.7 Å². The number of terminal acetylenes is 2. The Bertz CT molecular complexity index is 961. The summed E-state index contributed by atoms with van der Waals surface area (Å²) in [5, 5.41) is 0. The monoisotopic (exact) mass is 454 g/mol. The summed E-state index contributed by atoms with van der Waals surface area (Å²) < 4.78 is 0. The van der Waals surface area contributed by atoms with Crippen LogP contribution in [0, 0.1) is 50.4 Å². The highest BCUT2D eigenvalue weighted by molar-refractivity contribution is 5.81. The summed E-state index contributed by atoms with van der Waals surface area (Å²) >= 11 is 0. The number of benzene rings is 2. The maximum atomic E-state index is 13.2. The average Bonchev–Trinajstić information content (AvgIpc) is 2.85. The van der Waals surface area contributed by atoms with Crippen LogP contribution in [0.2, 0.25) is 0 Å². The molecule has 3 rings (SSSR count). The number of carbonyl (C=O) groups excluding carboxylic acids is 2. The summed E-state index contributed by atoms with van der Waals surface area (Å²) in [6, 6.07) is 16.3. The molecule has 34 heavy (non-hydrogen) atoms. The fourth-order valence-corrected chi connectivity index (χ4v) is 4.58. The van der Waals surface area contributed by atoms with Crippen molar-refractivity contribution in [3.8, 4) is 24.7 Å². The Morgan fingerprint density at radius 3 is 1.32 bits per heavy atom. The molecule has 1 fully saturated rings. The molecule has 0 heterocycles. The van der Waals surface area contributed by atoms with Gasteiger partial charge in [0.15, 0.2) is 0 Å². The van der Waals surface area contributed by atoms with E-state index in [0.29, 0.717) is 38.8 Å². The van der Waals surface area contributed by atoms with Gasteiger partial charge in [-0.3, -0.25) is 9.59 Å². The van der Waals surface area contributed by atoms with Crippen LogP contribution in [0.3, 0.4) is 0 Å². The average molecular weight is 455 g/mol. The van der Waals surface area contributed by atoms with Crippen LogP contribution in [0.1, 0.15) is 47.9 Å². The van der Waals surface area contributed by atoms with Gasteiger partial charge in [0.1, 0.15) is 0 Å². The predicted molar refractivity (Wildman–Crippen MR) is 136 cm³/mol. The van der Waals surface area contributed by atoms with Crippen molar-refractivity contribution in [2.24, 2.45) is 11.8 Å². The van der Waals surface area contributed by atoms with Crippen LogP contribution in [-0.4, -0.2) is 34.7 Å². The number of carbonyl (C=O) groups is 2. The molecular weight excluding hydrogens is 420 g/mol. The molecule has 1 aliphatic carbocycles. The molecule has 0 saturated heterocycles. The fraction of sp³-hybridized carbons (Fsp3) is 0.400. The molecule has 2 amide bonds. The van der Waals surface area contributed by atoms with Crippen molar-refractivity contribution < 1.29 is 9.59 Å². The Labute approximate surface area is 204 Å². The first-order valence-electron chi connectivity index (χ1n) is 12.0. The molecule has 1 aliphatic rings. The van der Waals surface area contributed by atoms with E-state index < -0.39 is 0 Å². The number of hydrogen-bond donors (Lipinski definition) is 0. The summed E-state index contributed by atoms with van der Waals surface area (Å²) in [5.41, 5.74) is 4.50. The third-order valence-corrected chi connectivity index (χ3v) is 6.60. The lowest BCUT2D eigenvalue weighted by Gasteiger charge is -2.33. The van der Waals surface area contributed by atoms with Crippen molar-refractivity contribution >= 4 is 11.8 Å². The van der Waals surface area contributed by atoms with Gasteiger partial charge in [-0.2, -0.15) is 0 Å². The molecule has 4 heteroatoms. The zero-order valence-corrected chi connectivity index (χ0v) is 20.3. The molecule has 0 atom stereocenters.